The fourth-order valence-corrected chi connectivity index (χ4v) is 6.21. The number of aromatic amines is 1. The zero-order chi connectivity index (χ0) is 50.1. The predicted molar refractivity (Wildman–Crippen MR) is 198 cm³/mol. The number of hydrogen-bond donors (Lipinski definition) is 6. The monoisotopic (exact) mass is 966 g/mol. The van der Waals surface area contributed by atoms with Gasteiger partial charge < -0.3 is 35.5 Å². The molecule has 30 heteroatoms. The summed E-state index contributed by atoms with van der Waals surface area (Å²) in [7, 11) is 0. The van der Waals surface area contributed by atoms with Gasteiger partial charge in [0.15, 0.2) is 0 Å². The highest BCUT2D eigenvalue weighted by Gasteiger charge is 2.48. The normalized spacial score (nSPS) is 17.6. The Hall–Kier alpha value is -6.35. The summed E-state index contributed by atoms with van der Waals surface area (Å²) in [5, 5.41) is 49.4. The number of carbonyl (C=O) groups is 3. The Kier molecular flexibility index (Phi) is 17.4. The van der Waals surface area contributed by atoms with Gasteiger partial charge >= 0.3 is 42.6 Å². The summed E-state index contributed by atoms with van der Waals surface area (Å²) < 4.78 is 144. The van der Waals surface area contributed by atoms with Gasteiger partial charge in [0, 0.05) is 61.6 Å². The lowest BCUT2D eigenvalue weighted by molar-refractivity contribution is -0.193. The number of nitrogens with one attached hydrogen (secondary N) is 2. The van der Waals surface area contributed by atoms with Crippen molar-refractivity contribution in [2.45, 2.75) is 100 Å². The summed E-state index contributed by atoms with van der Waals surface area (Å²) in [5.74, 6) is -9.62. The molecule has 18 nitrogen and oxygen atoms in total. The number of nitriles is 1. The molecule has 0 amide bonds. The molecule has 1 saturated carbocycles. The topological polar surface area (TPSA) is 266 Å². The van der Waals surface area contributed by atoms with E-state index < -0.39 is 59.6 Å². The molecule has 0 bridgehead atoms. The molecule has 0 aromatic carbocycles. The van der Waals surface area contributed by atoms with Gasteiger partial charge in [0.2, 0.25) is 11.7 Å². The summed E-state index contributed by atoms with van der Waals surface area (Å²) in [5.41, 5.74) is 1.04. The lowest BCUT2D eigenvalue weighted by Gasteiger charge is -2.53. The number of fused-ring (bicyclic) bond motifs is 1. The summed E-state index contributed by atoms with van der Waals surface area (Å²) in [6, 6.07) is 5.95. The summed E-state index contributed by atoms with van der Waals surface area (Å²) in [6.45, 7) is 4.76. The number of rotatable bonds is 10. The molecule has 2 fully saturated rings. The highest BCUT2D eigenvalue weighted by molar-refractivity contribution is 5.90. The highest BCUT2D eigenvalue weighted by atomic mass is 19.4. The maximum Gasteiger partial charge on any atom is 0.490 e. The second kappa shape index (κ2) is 21.3. The SMILES string of the molecule is CC(C)(O)CNCc1cc(O[C@H]2CC[C@@H](N3CC(CC#N)(n4cc(-c5ncnc6[nH]ccc56)cn4)C3)CC2)nc(C(F)(F)F)n1.O=C(O)C(F)(F)F.O=C(O)C(F)(F)F.O=C(O)C(F)(F)F. The Morgan fingerprint density at radius 3 is 1.92 bits per heavy atom. The lowest BCUT2D eigenvalue weighted by Crippen LogP contribution is -2.65. The number of aliphatic carboxylic acids is 3. The first-order chi connectivity index (χ1) is 30.3. The van der Waals surface area contributed by atoms with Crippen LogP contribution in [0.25, 0.3) is 22.3 Å². The quantitative estimate of drug-likeness (QED) is 0.104. The van der Waals surface area contributed by atoms with Crippen molar-refractivity contribution >= 4 is 28.9 Å². The first kappa shape index (κ1) is 54.0. The van der Waals surface area contributed by atoms with Crippen molar-refractivity contribution in [2.24, 2.45) is 0 Å². The van der Waals surface area contributed by atoms with Crippen LogP contribution < -0.4 is 10.1 Å². The first-order valence-corrected chi connectivity index (χ1v) is 18.7. The van der Waals surface area contributed by atoms with E-state index in [2.05, 4.69) is 46.3 Å². The van der Waals surface area contributed by atoms with Crippen molar-refractivity contribution in [3.63, 3.8) is 0 Å². The van der Waals surface area contributed by atoms with E-state index in [1.165, 1.54) is 12.4 Å². The van der Waals surface area contributed by atoms with E-state index in [4.69, 9.17) is 34.4 Å². The molecule has 4 aromatic rings. The fraction of sp³-hybridized carbons (Fsp3) is 0.528. The molecule has 0 atom stereocenters. The summed E-state index contributed by atoms with van der Waals surface area (Å²) >= 11 is 0. The van der Waals surface area contributed by atoms with Crippen LogP contribution in [-0.4, -0.2) is 134 Å². The smallest absolute Gasteiger partial charge is 0.475 e. The molecule has 0 unspecified atom stereocenters. The maximum absolute atomic E-state index is 13.5. The molecule has 2 aliphatic rings. The van der Waals surface area contributed by atoms with Gasteiger partial charge in [-0.2, -0.15) is 68.0 Å². The second-order valence-corrected chi connectivity index (χ2v) is 15.0. The Labute approximate surface area is 363 Å². The minimum absolute atomic E-state index is 0.0331. The number of aliphatic hydroxyl groups is 1. The summed E-state index contributed by atoms with van der Waals surface area (Å²) in [6.07, 6.45) is -9.94. The average molecular weight is 967 g/mol. The molecular formula is C36H38F12N10O8. The molecule has 0 spiro atoms. The third-order valence-electron chi connectivity index (χ3n) is 9.15. The fourth-order valence-electron chi connectivity index (χ4n) is 6.21. The molecule has 66 heavy (non-hydrogen) atoms. The van der Waals surface area contributed by atoms with E-state index >= 15 is 0 Å². The van der Waals surface area contributed by atoms with Crippen molar-refractivity contribution < 1.29 is 92.2 Å². The zero-order valence-electron chi connectivity index (χ0n) is 34.0. The Bertz CT molecular complexity index is 2250. The number of nitrogens with zero attached hydrogens (tertiary/aromatic N) is 8. The number of H-pyrrole nitrogens is 1. The highest BCUT2D eigenvalue weighted by Crippen LogP contribution is 2.39. The number of ether oxygens (including phenoxy) is 1. The van der Waals surface area contributed by atoms with Crippen molar-refractivity contribution in [1.29, 1.82) is 5.26 Å². The molecule has 364 valence electrons. The molecule has 1 saturated heterocycles. The number of hydrogen-bond acceptors (Lipinski definition) is 13. The van der Waals surface area contributed by atoms with Gasteiger partial charge in [-0.25, -0.2) is 29.3 Å². The second-order valence-electron chi connectivity index (χ2n) is 15.0. The van der Waals surface area contributed by atoms with E-state index in [1.54, 1.807) is 20.0 Å². The Morgan fingerprint density at radius 2 is 1.44 bits per heavy atom. The average Bonchev–Trinajstić information content (AvgIpc) is 3.86. The molecule has 6 N–H and O–H groups in total. The van der Waals surface area contributed by atoms with E-state index in [0.29, 0.717) is 32.4 Å². The predicted octanol–water partition coefficient (Wildman–Crippen LogP) is 5.71. The molecule has 0 radical (unpaired) electrons. The lowest BCUT2D eigenvalue weighted by atomic mass is 9.82. The van der Waals surface area contributed by atoms with Gasteiger partial charge in [0.05, 0.1) is 35.7 Å². The van der Waals surface area contributed by atoms with Gasteiger partial charge in [-0.1, -0.05) is 0 Å². The van der Waals surface area contributed by atoms with Crippen molar-refractivity contribution in [2.75, 3.05) is 19.6 Å². The van der Waals surface area contributed by atoms with Gasteiger partial charge in [-0.3, -0.25) is 9.58 Å². The minimum Gasteiger partial charge on any atom is -0.475 e. The van der Waals surface area contributed by atoms with Gasteiger partial charge in [0.1, 0.15) is 23.6 Å². The molecule has 1 aliphatic carbocycles. The third-order valence-corrected chi connectivity index (χ3v) is 9.15. The van der Waals surface area contributed by atoms with Gasteiger partial charge in [-0.15, -0.1) is 0 Å². The standard InChI is InChI=1S/C30H35F3N10O2.3C2HF3O2/c1-28(2,44)15-35-13-20-11-24(41-27(40-20)30(31,32)33)45-22-5-3-21(4-6-22)42-16-29(17-42,8-9-34)43-14-19(12-39-43)25-23-7-10-36-26(23)38-18-37-25;3*3-2(4,5)1(6)7/h7,10-12,14,18,21-22,35,44H,3-6,8,13,15-17H2,1-2H3,(H,36,37,38);3*(H,6,7)/t21-,22+;;;. The van der Waals surface area contributed by atoms with Crippen LogP contribution in [0.1, 0.15) is 57.5 Å². The molecule has 5 heterocycles. The number of aromatic nitrogens is 7. The Balaban J connectivity index is 0.000000457. The van der Waals surface area contributed by atoms with Crippen LogP contribution in [0, 0.1) is 11.3 Å². The van der Waals surface area contributed by atoms with Crippen LogP contribution in [0.15, 0.2) is 37.1 Å². The molecular weight excluding hydrogens is 928 g/mol. The number of likely N-dealkylation sites (tertiary alicyclic amines) is 1. The van der Waals surface area contributed by atoms with Crippen LogP contribution >= 0.6 is 0 Å². The first-order valence-electron chi connectivity index (χ1n) is 18.7. The number of halogens is 12. The van der Waals surface area contributed by atoms with Crippen LogP contribution in [0.5, 0.6) is 5.88 Å². The molecule has 6 rings (SSSR count). The Morgan fingerprint density at radius 1 is 0.894 bits per heavy atom. The largest absolute Gasteiger partial charge is 0.490 e. The van der Waals surface area contributed by atoms with Crippen molar-refractivity contribution in [1.82, 2.24) is 44.9 Å². The van der Waals surface area contributed by atoms with Crippen LogP contribution in [0.3, 0.4) is 0 Å². The van der Waals surface area contributed by atoms with Crippen molar-refractivity contribution in [3.8, 4) is 23.2 Å². The maximum atomic E-state index is 13.5. The van der Waals surface area contributed by atoms with Gasteiger partial charge in [0.25, 0.3) is 0 Å². The van der Waals surface area contributed by atoms with E-state index in [-0.39, 0.29) is 36.8 Å². The van der Waals surface area contributed by atoms with E-state index in [0.717, 1.165) is 35.1 Å². The van der Waals surface area contributed by atoms with Crippen LogP contribution in [0.4, 0.5) is 52.7 Å². The zero-order valence-corrected chi connectivity index (χ0v) is 34.0. The van der Waals surface area contributed by atoms with Crippen molar-refractivity contribution in [3.05, 3.63) is 48.6 Å². The molecule has 1 aliphatic heterocycles. The van der Waals surface area contributed by atoms with Crippen LogP contribution in [-0.2, 0) is 32.6 Å². The molecule has 4 aromatic heterocycles. The van der Waals surface area contributed by atoms with E-state index in [1.807, 2.05) is 23.1 Å². The van der Waals surface area contributed by atoms with E-state index in [9.17, 15) is 63.1 Å². The minimum atomic E-state index is -5.08. The third kappa shape index (κ3) is 16.0. The number of alkyl halides is 12. The van der Waals surface area contributed by atoms with Gasteiger partial charge in [-0.05, 0) is 45.6 Å². The number of carboxylic acid groups (broad SMARTS) is 3. The number of carboxylic acids is 3. The summed E-state index contributed by atoms with van der Waals surface area (Å²) in [4.78, 5) is 48.1. The van der Waals surface area contributed by atoms with Crippen LogP contribution in [0.2, 0.25) is 0 Å².